The van der Waals surface area contributed by atoms with Crippen molar-refractivity contribution in [1.29, 1.82) is 0 Å². The molecule has 14 heavy (non-hydrogen) atoms. The molecule has 1 aromatic carbocycles. The highest BCUT2D eigenvalue weighted by molar-refractivity contribution is 5.39. The second-order valence-corrected chi connectivity index (χ2v) is 2.44. The zero-order chi connectivity index (χ0) is 10.4. The molecule has 0 saturated heterocycles. The molecule has 0 aliphatic rings. The van der Waals surface area contributed by atoms with Crippen LogP contribution >= 0.6 is 0 Å². The molecule has 0 amide bonds. The van der Waals surface area contributed by atoms with Crippen LogP contribution in [0.2, 0.25) is 0 Å². The van der Waals surface area contributed by atoms with Crippen LogP contribution in [0.25, 0.3) is 0 Å². The Morgan fingerprint density at radius 1 is 1.29 bits per heavy atom. The molecule has 0 saturated carbocycles. The maximum Gasteiger partial charge on any atom is 0.175 e. The molecule has 1 aromatic rings. The molecule has 1 rings (SSSR count). The lowest BCUT2D eigenvalue weighted by atomic mass is 10.2. The summed E-state index contributed by atoms with van der Waals surface area (Å²) in [5.41, 5.74) is 3.02. The van der Waals surface area contributed by atoms with Crippen LogP contribution in [0.1, 0.15) is 5.56 Å². The van der Waals surface area contributed by atoms with Gasteiger partial charge >= 0.3 is 0 Å². The van der Waals surface area contributed by atoms with E-state index in [9.17, 15) is 4.53 Å². The summed E-state index contributed by atoms with van der Waals surface area (Å²) in [6.45, 7) is 1.73. The van der Waals surface area contributed by atoms with Crippen LogP contribution in [-0.2, 0) is 10.1 Å². The third-order valence-electron chi connectivity index (χ3n) is 1.50. The van der Waals surface area contributed by atoms with Crippen molar-refractivity contribution in [3.63, 3.8) is 0 Å². The van der Waals surface area contributed by atoms with Gasteiger partial charge in [-0.25, -0.2) is 0 Å². The Bertz CT molecular complexity index is 295. The maximum absolute atomic E-state index is 11.4. The zero-order valence-electron chi connectivity index (χ0n) is 7.74. The van der Waals surface area contributed by atoms with E-state index in [2.05, 4.69) is 20.4 Å². The Morgan fingerprint density at radius 2 is 2.07 bits per heavy atom. The van der Waals surface area contributed by atoms with Gasteiger partial charge in [-0.3, -0.25) is 0 Å². The molecular formula is C8H10FNO4. The van der Waals surface area contributed by atoms with Gasteiger partial charge in [0.25, 0.3) is 0 Å². The summed E-state index contributed by atoms with van der Waals surface area (Å²) < 4.78 is 11.4. The van der Waals surface area contributed by atoms with Crippen molar-refractivity contribution in [1.82, 2.24) is 5.48 Å². The van der Waals surface area contributed by atoms with Gasteiger partial charge in [0, 0.05) is 18.2 Å². The smallest absolute Gasteiger partial charge is 0.175 e. The second-order valence-electron chi connectivity index (χ2n) is 2.44. The van der Waals surface area contributed by atoms with Crippen molar-refractivity contribution in [2.24, 2.45) is 0 Å². The Morgan fingerprint density at radius 3 is 2.71 bits per heavy atom. The van der Waals surface area contributed by atoms with Gasteiger partial charge in [-0.2, -0.15) is 5.48 Å². The molecule has 0 atom stereocenters. The van der Waals surface area contributed by atoms with E-state index in [-0.39, 0.29) is 5.75 Å². The number of hydrogen-bond donors (Lipinski definition) is 1. The van der Waals surface area contributed by atoms with Crippen molar-refractivity contribution in [3.05, 3.63) is 23.8 Å². The number of benzene rings is 1. The van der Waals surface area contributed by atoms with E-state index in [1.807, 2.05) is 0 Å². The third kappa shape index (κ3) is 2.84. The molecule has 0 heterocycles. The normalized spacial score (nSPS) is 9.93. The highest BCUT2D eigenvalue weighted by Crippen LogP contribution is 2.24. The molecule has 0 aliphatic heterocycles. The summed E-state index contributed by atoms with van der Waals surface area (Å²) in [5, 5.41) is 3.06. The van der Waals surface area contributed by atoms with Gasteiger partial charge < -0.3 is 9.78 Å². The minimum absolute atomic E-state index is 0.213. The average molecular weight is 203 g/mol. The van der Waals surface area contributed by atoms with Crippen LogP contribution < -0.4 is 15.3 Å². The first kappa shape index (κ1) is 10.7. The molecule has 5 nitrogen and oxygen atoms in total. The van der Waals surface area contributed by atoms with Crippen LogP contribution in [0.5, 0.6) is 11.5 Å². The standard InChI is InChI=1S/C8H10FNO4/c1-6-3-4-7(11-14-10-2)5-8(6)12-13-9/h3-5,10H,1-2H3. The molecule has 0 spiro atoms. The van der Waals surface area contributed by atoms with Gasteiger partial charge in [0.2, 0.25) is 0 Å². The summed E-state index contributed by atoms with van der Waals surface area (Å²) in [6, 6.07) is 4.73. The summed E-state index contributed by atoms with van der Waals surface area (Å²) in [7, 11) is 1.54. The Hall–Kier alpha value is -1.37. The molecule has 78 valence electrons. The molecule has 0 aliphatic carbocycles. The predicted molar refractivity (Wildman–Crippen MR) is 44.8 cm³/mol. The van der Waals surface area contributed by atoms with Crippen LogP contribution in [0, 0.1) is 6.92 Å². The van der Waals surface area contributed by atoms with Gasteiger partial charge in [0.1, 0.15) is 0 Å². The number of hydroxylamine groups is 1. The van der Waals surface area contributed by atoms with Crippen molar-refractivity contribution in [3.8, 4) is 11.5 Å². The largest absolute Gasteiger partial charge is 0.319 e. The van der Waals surface area contributed by atoms with Gasteiger partial charge in [0.15, 0.2) is 11.5 Å². The molecule has 0 unspecified atom stereocenters. The summed E-state index contributed by atoms with van der Waals surface area (Å²) in [6.07, 6.45) is 0. The van der Waals surface area contributed by atoms with E-state index in [4.69, 9.17) is 4.89 Å². The van der Waals surface area contributed by atoms with Crippen LogP contribution in [0.15, 0.2) is 18.2 Å². The number of halogens is 1. The monoisotopic (exact) mass is 203 g/mol. The van der Waals surface area contributed by atoms with Crippen LogP contribution in [0.3, 0.4) is 0 Å². The zero-order valence-corrected chi connectivity index (χ0v) is 7.74. The Kier molecular flexibility index (Phi) is 4.11. The van der Waals surface area contributed by atoms with Gasteiger partial charge in [0.05, 0.1) is 0 Å². The lowest BCUT2D eigenvalue weighted by Gasteiger charge is -2.05. The lowest BCUT2D eigenvalue weighted by molar-refractivity contribution is -0.368. The van der Waals surface area contributed by atoms with E-state index in [1.165, 1.54) is 13.1 Å². The maximum atomic E-state index is 11.4. The van der Waals surface area contributed by atoms with Crippen molar-refractivity contribution < 1.29 is 24.4 Å². The molecule has 6 heteroatoms. The highest BCUT2D eigenvalue weighted by Gasteiger charge is 2.04. The number of hydrogen-bond acceptors (Lipinski definition) is 5. The number of nitrogens with one attached hydrogen (secondary N) is 1. The second kappa shape index (κ2) is 5.38. The van der Waals surface area contributed by atoms with Gasteiger partial charge in [-0.15, -0.1) is 0 Å². The number of rotatable bonds is 5. The SMILES string of the molecule is CNOOc1ccc(C)c(OOF)c1. The van der Waals surface area contributed by atoms with E-state index < -0.39 is 0 Å². The van der Waals surface area contributed by atoms with Gasteiger partial charge in [-0.1, -0.05) is 11.1 Å². The molecule has 0 bridgehead atoms. The predicted octanol–water partition coefficient (Wildman–Crippen LogP) is 1.63. The fourth-order valence-corrected chi connectivity index (χ4v) is 0.846. The average Bonchev–Trinajstić information content (AvgIpc) is 2.19. The summed E-state index contributed by atoms with van der Waals surface area (Å²) in [4.78, 5) is 13.4. The first-order chi connectivity index (χ1) is 6.77. The minimum Gasteiger partial charge on any atom is -0.319 e. The number of aryl methyl sites for hydroxylation is 1. The molecule has 1 N–H and O–H groups in total. The first-order valence-corrected chi connectivity index (χ1v) is 3.84. The topological polar surface area (TPSA) is 49.0 Å². The summed E-state index contributed by atoms with van der Waals surface area (Å²) >= 11 is 0. The van der Waals surface area contributed by atoms with Crippen LogP contribution in [-0.4, -0.2) is 7.05 Å². The molecule has 0 fully saturated rings. The van der Waals surface area contributed by atoms with E-state index in [0.29, 0.717) is 11.3 Å². The quantitative estimate of drug-likeness (QED) is 0.582. The van der Waals surface area contributed by atoms with Crippen molar-refractivity contribution >= 4 is 0 Å². The third-order valence-corrected chi connectivity index (χ3v) is 1.50. The Labute approximate surface area is 80.0 Å². The van der Waals surface area contributed by atoms with E-state index >= 15 is 0 Å². The molecule has 0 radical (unpaired) electrons. The fraction of sp³-hybridized carbons (Fsp3) is 0.250. The van der Waals surface area contributed by atoms with Gasteiger partial charge in [-0.05, 0) is 23.1 Å². The summed E-state index contributed by atoms with van der Waals surface area (Å²) in [5.74, 6) is 0.571. The highest BCUT2D eigenvalue weighted by atomic mass is 19.3. The van der Waals surface area contributed by atoms with Crippen molar-refractivity contribution in [2.45, 2.75) is 6.92 Å². The lowest BCUT2D eigenvalue weighted by Crippen LogP contribution is -2.10. The first-order valence-electron chi connectivity index (χ1n) is 3.84. The minimum atomic E-state index is 0.213. The van der Waals surface area contributed by atoms with E-state index in [1.54, 1.807) is 19.1 Å². The molecule has 0 aromatic heterocycles. The fourth-order valence-electron chi connectivity index (χ4n) is 0.846. The van der Waals surface area contributed by atoms with Crippen LogP contribution in [0.4, 0.5) is 4.53 Å². The molecular weight excluding hydrogens is 193 g/mol. The Balaban J connectivity index is 2.72. The van der Waals surface area contributed by atoms with Crippen molar-refractivity contribution in [2.75, 3.05) is 7.05 Å². The van der Waals surface area contributed by atoms with E-state index in [0.717, 1.165) is 0 Å².